The molecule has 2 aromatic carbocycles. The summed E-state index contributed by atoms with van der Waals surface area (Å²) >= 11 is 6.34. The Morgan fingerprint density at radius 2 is 1.61 bits per heavy atom. The minimum Gasteiger partial charge on any atom is -0.370 e. The molecular formula is C27H24F6N2O4S2. The molecule has 0 aliphatic carbocycles. The molecule has 2 amide bonds. The van der Waals surface area contributed by atoms with Gasteiger partial charge in [0.1, 0.15) is 4.32 Å². The molecule has 2 saturated heterocycles. The lowest BCUT2D eigenvalue weighted by Gasteiger charge is -2.24. The molecule has 41 heavy (non-hydrogen) atoms. The number of hydrogen-bond acceptors (Lipinski definition) is 6. The molecule has 2 aliphatic heterocycles. The molecule has 0 radical (unpaired) electrons. The first-order chi connectivity index (χ1) is 19.2. The Hall–Kier alpha value is -2.94. The van der Waals surface area contributed by atoms with Gasteiger partial charge < -0.3 is 15.2 Å². The fourth-order valence-electron chi connectivity index (χ4n) is 4.36. The van der Waals surface area contributed by atoms with E-state index in [1.54, 1.807) is 6.07 Å². The number of carbonyl (C=O) groups excluding carboxylic acids is 2. The van der Waals surface area contributed by atoms with Crippen LogP contribution >= 0.6 is 24.0 Å². The summed E-state index contributed by atoms with van der Waals surface area (Å²) in [6.07, 6.45) is -9.40. The maximum absolute atomic E-state index is 13.5. The fourth-order valence-corrected chi connectivity index (χ4v) is 5.78. The lowest BCUT2D eigenvalue weighted by Crippen LogP contribution is -2.31. The highest BCUT2D eigenvalue weighted by molar-refractivity contribution is 8.26. The molecule has 2 N–H and O–H groups in total. The van der Waals surface area contributed by atoms with Crippen LogP contribution in [0.4, 0.5) is 26.3 Å². The van der Waals surface area contributed by atoms with E-state index in [2.05, 4.69) is 0 Å². The minimum atomic E-state index is -5.00. The van der Waals surface area contributed by atoms with E-state index >= 15 is 0 Å². The van der Waals surface area contributed by atoms with E-state index in [-0.39, 0.29) is 45.8 Å². The van der Waals surface area contributed by atoms with Crippen molar-refractivity contribution in [3.8, 4) is 11.1 Å². The first-order valence-electron chi connectivity index (χ1n) is 12.4. The van der Waals surface area contributed by atoms with Crippen LogP contribution in [0.5, 0.6) is 0 Å². The van der Waals surface area contributed by atoms with Crippen molar-refractivity contribution in [1.82, 2.24) is 4.90 Å². The number of thioether (sulfide) groups is 1. The number of halogens is 6. The Morgan fingerprint density at radius 3 is 2.20 bits per heavy atom. The largest absolute Gasteiger partial charge is 0.416 e. The Morgan fingerprint density at radius 1 is 0.976 bits per heavy atom. The molecule has 14 heteroatoms. The smallest absolute Gasteiger partial charge is 0.370 e. The predicted molar refractivity (Wildman–Crippen MR) is 144 cm³/mol. The normalized spacial score (nSPS) is 18.2. The van der Waals surface area contributed by atoms with Gasteiger partial charge in [-0.2, -0.15) is 26.3 Å². The molecule has 2 aliphatic rings. The summed E-state index contributed by atoms with van der Waals surface area (Å²) in [6.45, 7) is 0.944. The highest BCUT2D eigenvalue weighted by Crippen LogP contribution is 2.42. The molecule has 0 atom stereocenters. The summed E-state index contributed by atoms with van der Waals surface area (Å²) in [5, 5.41) is 0. The standard InChI is InChI=1S/C27H24F6N2O4S2/c28-26(29,30)18-12-17(13-19(14-18)27(31,32)33)15-3-1-4-16(11-15)20(5-6-22-38-9-2-10-39-22)23-24(37)35(25(40)41-23)8-7-21(34)36/h1,3-4,11-14,22H,2,5-10H2,(H2,34,36)/b23-20-. The topological polar surface area (TPSA) is 81.9 Å². The molecule has 0 spiro atoms. The molecular weight excluding hydrogens is 594 g/mol. The number of hydrogen-bond donors (Lipinski definition) is 1. The second kappa shape index (κ2) is 12.5. The first-order valence-corrected chi connectivity index (χ1v) is 13.6. The van der Waals surface area contributed by atoms with Crippen molar-refractivity contribution >= 4 is 45.7 Å². The van der Waals surface area contributed by atoms with Gasteiger partial charge in [-0.1, -0.05) is 42.2 Å². The highest BCUT2D eigenvalue weighted by Gasteiger charge is 2.38. The van der Waals surface area contributed by atoms with E-state index in [0.29, 0.717) is 42.9 Å². The number of benzene rings is 2. The molecule has 2 aromatic rings. The quantitative estimate of drug-likeness (QED) is 0.210. The number of ether oxygens (including phenoxy) is 2. The SMILES string of the molecule is NC(=O)CCN1C(=O)/C(=C(\CCC2OCCCO2)c2cccc(-c3cc(C(F)(F)F)cc(C(F)(F)F)c3)c2)SC1=S. The van der Waals surface area contributed by atoms with Crippen LogP contribution in [0, 0.1) is 0 Å². The van der Waals surface area contributed by atoms with Crippen LogP contribution in [0.2, 0.25) is 0 Å². The Labute approximate surface area is 240 Å². The van der Waals surface area contributed by atoms with E-state index < -0.39 is 41.6 Å². The second-order valence-electron chi connectivity index (χ2n) is 9.29. The summed E-state index contributed by atoms with van der Waals surface area (Å²) in [6, 6.07) is 7.30. The summed E-state index contributed by atoms with van der Waals surface area (Å²) in [5.74, 6) is -1.10. The first kappa shape index (κ1) is 31.0. The van der Waals surface area contributed by atoms with Crippen molar-refractivity contribution in [3.63, 3.8) is 0 Å². The Balaban J connectivity index is 1.77. The molecule has 0 bridgehead atoms. The van der Waals surface area contributed by atoms with Gasteiger partial charge in [0.2, 0.25) is 5.91 Å². The number of allylic oxidation sites excluding steroid dienone is 1. The van der Waals surface area contributed by atoms with Crippen LogP contribution in [-0.2, 0) is 31.4 Å². The van der Waals surface area contributed by atoms with Crippen LogP contribution in [0.15, 0.2) is 47.4 Å². The van der Waals surface area contributed by atoms with Gasteiger partial charge in [0.05, 0.1) is 29.2 Å². The highest BCUT2D eigenvalue weighted by atomic mass is 32.2. The van der Waals surface area contributed by atoms with Crippen molar-refractivity contribution < 1.29 is 45.4 Å². The van der Waals surface area contributed by atoms with Crippen molar-refractivity contribution in [2.75, 3.05) is 19.8 Å². The molecule has 2 heterocycles. The van der Waals surface area contributed by atoms with Crippen LogP contribution in [0.1, 0.15) is 42.4 Å². The molecule has 0 saturated carbocycles. The van der Waals surface area contributed by atoms with Crippen LogP contribution < -0.4 is 5.73 Å². The summed E-state index contributed by atoms with van der Waals surface area (Å²) in [7, 11) is 0. The van der Waals surface area contributed by atoms with Crippen LogP contribution in [-0.4, -0.2) is 47.1 Å². The number of nitrogens with two attached hydrogens (primary N) is 1. The van der Waals surface area contributed by atoms with E-state index in [9.17, 15) is 35.9 Å². The molecule has 0 aromatic heterocycles. The minimum absolute atomic E-state index is 0.0316. The van der Waals surface area contributed by atoms with Gasteiger partial charge in [0.25, 0.3) is 5.91 Å². The third-order valence-corrected chi connectivity index (χ3v) is 7.85. The van der Waals surface area contributed by atoms with Crippen molar-refractivity contribution in [3.05, 3.63) is 64.1 Å². The number of nitrogens with zero attached hydrogens (tertiary/aromatic N) is 1. The van der Waals surface area contributed by atoms with Gasteiger partial charge in [-0.25, -0.2) is 0 Å². The number of primary amides is 1. The van der Waals surface area contributed by atoms with Gasteiger partial charge in [-0.3, -0.25) is 14.5 Å². The zero-order valence-electron chi connectivity index (χ0n) is 21.3. The summed E-state index contributed by atoms with van der Waals surface area (Å²) in [5.41, 5.74) is 3.01. The lowest BCUT2D eigenvalue weighted by atomic mass is 9.94. The monoisotopic (exact) mass is 618 g/mol. The van der Waals surface area contributed by atoms with Gasteiger partial charge in [-0.05, 0) is 59.4 Å². The van der Waals surface area contributed by atoms with Crippen molar-refractivity contribution in [2.45, 2.75) is 44.3 Å². The maximum Gasteiger partial charge on any atom is 0.416 e. The average molecular weight is 619 g/mol. The Bertz CT molecular complexity index is 1340. The number of carbonyl (C=O) groups is 2. The zero-order chi connectivity index (χ0) is 29.9. The van der Waals surface area contributed by atoms with Crippen LogP contribution in [0.3, 0.4) is 0 Å². The summed E-state index contributed by atoms with van der Waals surface area (Å²) in [4.78, 5) is 26.1. The molecule has 6 nitrogen and oxygen atoms in total. The second-order valence-corrected chi connectivity index (χ2v) is 10.9. The van der Waals surface area contributed by atoms with Gasteiger partial charge in [0, 0.05) is 19.4 Å². The van der Waals surface area contributed by atoms with Crippen molar-refractivity contribution in [1.29, 1.82) is 0 Å². The fraction of sp³-hybridized carbons (Fsp3) is 0.370. The van der Waals surface area contributed by atoms with Gasteiger partial charge in [-0.15, -0.1) is 0 Å². The van der Waals surface area contributed by atoms with Gasteiger partial charge in [0.15, 0.2) is 6.29 Å². The molecule has 0 unspecified atom stereocenters. The van der Waals surface area contributed by atoms with E-state index in [4.69, 9.17) is 27.4 Å². The van der Waals surface area contributed by atoms with Crippen LogP contribution in [0.25, 0.3) is 16.7 Å². The molecule has 220 valence electrons. The lowest BCUT2D eigenvalue weighted by molar-refractivity contribution is -0.180. The van der Waals surface area contributed by atoms with Gasteiger partial charge >= 0.3 is 12.4 Å². The van der Waals surface area contributed by atoms with E-state index in [1.165, 1.54) is 23.1 Å². The molecule has 4 rings (SSSR count). The zero-order valence-corrected chi connectivity index (χ0v) is 22.9. The average Bonchev–Trinajstić information content (AvgIpc) is 3.19. The maximum atomic E-state index is 13.5. The number of amides is 2. The molecule has 2 fully saturated rings. The Kier molecular flexibility index (Phi) is 9.46. The van der Waals surface area contributed by atoms with Crippen molar-refractivity contribution in [2.24, 2.45) is 5.73 Å². The predicted octanol–water partition coefficient (Wildman–Crippen LogP) is 6.38. The third kappa shape index (κ3) is 7.67. The third-order valence-electron chi connectivity index (χ3n) is 6.36. The number of thiocarbonyl (C=S) groups is 1. The van der Waals surface area contributed by atoms with E-state index in [0.717, 1.165) is 18.2 Å². The van der Waals surface area contributed by atoms with E-state index in [1.807, 2.05) is 0 Å². The number of rotatable bonds is 8. The number of alkyl halides is 6. The summed E-state index contributed by atoms with van der Waals surface area (Å²) < 4.78 is 92.3.